The van der Waals surface area contributed by atoms with Crippen LogP contribution in [0.3, 0.4) is 0 Å². The van der Waals surface area contributed by atoms with Crippen LogP contribution < -0.4 is 16.0 Å². The predicted octanol–water partition coefficient (Wildman–Crippen LogP) is 6.71. The molecule has 194 valence electrons. The fourth-order valence-electron chi connectivity index (χ4n) is 4.78. The van der Waals surface area contributed by atoms with Crippen LogP contribution in [-0.2, 0) is 4.79 Å². The minimum Gasteiger partial charge on any atom is -0.340 e. The zero-order chi connectivity index (χ0) is 26.6. The Morgan fingerprint density at radius 2 is 1.66 bits per heavy atom. The third-order valence-corrected chi connectivity index (χ3v) is 7.92. The van der Waals surface area contributed by atoms with Crippen molar-refractivity contribution in [3.8, 4) is 0 Å². The number of aryl methyl sites for hydroxylation is 1. The monoisotopic (exact) mass is 525 g/mol. The molecule has 0 aromatic heterocycles. The van der Waals surface area contributed by atoms with Crippen LogP contribution in [0.25, 0.3) is 0 Å². The Hall–Kier alpha value is -4.04. The Bertz CT molecular complexity index is 1430. The number of hydrogen-bond acceptors (Lipinski definition) is 5. The van der Waals surface area contributed by atoms with Crippen LogP contribution in [0, 0.1) is 13.8 Å². The number of carbonyl (C=O) groups excluding carboxylic acids is 2. The molecule has 1 fully saturated rings. The molecule has 7 nitrogen and oxygen atoms in total. The Morgan fingerprint density at radius 3 is 2.47 bits per heavy atom. The van der Waals surface area contributed by atoms with E-state index in [4.69, 9.17) is 4.99 Å². The van der Waals surface area contributed by atoms with Crippen molar-refractivity contribution in [2.45, 2.75) is 33.2 Å². The third-order valence-electron chi connectivity index (χ3n) is 6.85. The summed E-state index contributed by atoms with van der Waals surface area (Å²) in [5.41, 5.74) is 6.53. The molecule has 2 aliphatic rings. The van der Waals surface area contributed by atoms with E-state index in [0.29, 0.717) is 17.0 Å². The molecule has 2 aliphatic heterocycles. The maximum absolute atomic E-state index is 13.6. The fraction of sp³-hybridized carbons (Fsp3) is 0.233. The van der Waals surface area contributed by atoms with Crippen molar-refractivity contribution in [1.29, 1.82) is 0 Å². The topological polar surface area (TPSA) is 85.8 Å². The van der Waals surface area contributed by atoms with Gasteiger partial charge in [-0.2, -0.15) is 0 Å². The minimum atomic E-state index is -0.317. The van der Waals surface area contributed by atoms with E-state index in [1.54, 1.807) is 11.8 Å². The lowest BCUT2D eigenvalue weighted by Crippen LogP contribution is -2.43. The highest BCUT2D eigenvalue weighted by Crippen LogP contribution is 2.40. The summed E-state index contributed by atoms with van der Waals surface area (Å²) in [6, 6.07) is 22.4. The van der Waals surface area contributed by atoms with Gasteiger partial charge in [-0.05, 0) is 74.2 Å². The number of allylic oxidation sites excluding steroid dienone is 1. The summed E-state index contributed by atoms with van der Waals surface area (Å²) in [4.78, 5) is 33.5. The second-order valence-corrected chi connectivity index (χ2v) is 10.5. The van der Waals surface area contributed by atoms with Gasteiger partial charge in [0.1, 0.15) is 0 Å². The summed E-state index contributed by atoms with van der Waals surface area (Å²) in [7, 11) is 0. The molecule has 0 bridgehead atoms. The molecule has 1 atom stereocenters. The van der Waals surface area contributed by atoms with Crippen LogP contribution in [0.1, 0.15) is 36.1 Å². The summed E-state index contributed by atoms with van der Waals surface area (Å²) in [6.45, 7) is 6.70. The normalized spacial score (nSPS) is 16.9. The maximum atomic E-state index is 13.6. The molecule has 38 heavy (non-hydrogen) atoms. The van der Waals surface area contributed by atoms with Crippen molar-refractivity contribution < 1.29 is 9.59 Å². The molecule has 0 unspecified atom stereocenters. The summed E-state index contributed by atoms with van der Waals surface area (Å²) in [5.74, 6) is 0.823. The summed E-state index contributed by atoms with van der Waals surface area (Å²) >= 11 is 1.72. The molecule has 8 heteroatoms. The second-order valence-electron chi connectivity index (χ2n) is 9.46. The number of carbonyl (C=O) groups is 2. The number of fused-ring (bicyclic) bond motifs is 1. The van der Waals surface area contributed by atoms with E-state index >= 15 is 0 Å². The Morgan fingerprint density at radius 1 is 0.895 bits per heavy atom. The fourth-order valence-corrected chi connectivity index (χ4v) is 5.80. The first-order valence-electron chi connectivity index (χ1n) is 12.7. The van der Waals surface area contributed by atoms with Crippen molar-refractivity contribution in [2.24, 2.45) is 4.99 Å². The Kier molecular flexibility index (Phi) is 7.51. The molecule has 0 aliphatic carbocycles. The molecule has 2 heterocycles. The van der Waals surface area contributed by atoms with Crippen molar-refractivity contribution >= 4 is 45.9 Å². The highest BCUT2D eigenvalue weighted by atomic mass is 32.2. The summed E-state index contributed by atoms with van der Waals surface area (Å²) < 4.78 is 0. The van der Waals surface area contributed by atoms with Crippen LogP contribution in [0.15, 0.2) is 89.1 Å². The number of rotatable bonds is 5. The molecule has 3 aromatic carbocycles. The lowest BCUT2D eigenvalue weighted by molar-refractivity contribution is -0.113. The average molecular weight is 526 g/mol. The third kappa shape index (κ3) is 5.45. The van der Waals surface area contributed by atoms with Crippen LogP contribution in [0.2, 0.25) is 0 Å². The number of nitrogens with zero attached hydrogens (tertiary/aromatic N) is 2. The number of para-hydroxylation sites is 1. The van der Waals surface area contributed by atoms with Crippen molar-refractivity contribution in [1.82, 2.24) is 4.90 Å². The van der Waals surface area contributed by atoms with E-state index in [2.05, 4.69) is 20.9 Å². The lowest BCUT2D eigenvalue weighted by atomic mass is 9.93. The smallest absolute Gasteiger partial charge is 0.323 e. The van der Waals surface area contributed by atoms with E-state index < -0.39 is 0 Å². The number of aliphatic imine (C=N–C) groups is 1. The second kappa shape index (κ2) is 11.1. The largest absolute Gasteiger partial charge is 0.340 e. The Labute approximate surface area is 227 Å². The number of amides is 3. The van der Waals surface area contributed by atoms with Gasteiger partial charge >= 0.3 is 6.03 Å². The predicted molar refractivity (Wildman–Crippen MR) is 157 cm³/mol. The maximum Gasteiger partial charge on any atom is 0.323 e. The standard InChI is InChI=1S/C30H31N5O2S/c1-19-10-7-15-25(20(19)2)34-29(37)33-24-14-8-11-22(18-24)27-26(28(36)32-23-12-5-4-6-13-23)21(3)31-30-35(27)16-9-17-38-30/h4-8,10-15,18,27H,9,16-17H2,1-3H3,(H,32,36)(H2,33,34,37)/t27-/m0/s1. The molecule has 3 aromatic rings. The number of anilines is 3. The van der Waals surface area contributed by atoms with Gasteiger partial charge in [-0.25, -0.2) is 9.79 Å². The van der Waals surface area contributed by atoms with Gasteiger partial charge in [0.05, 0.1) is 17.3 Å². The average Bonchev–Trinajstić information content (AvgIpc) is 2.91. The van der Waals surface area contributed by atoms with Crippen LogP contribution in [0.5, 0.6) is 0 Å². The van der Waals surface area contributed by atoms with Gasteiger partial charge in [-0.3, -0.25) is 4.79 Å². The SMILES string of the molecule is CC1=C(C(=O)Nc2ccccc2)[C@H](c2cccc(NC(=O)Nc3cccc(C)c3C)c2)N2CCCSC2=N1. The number of thioether (sulfide) groups is 1. The zero-order valence-corrected chi connectivity index (χ0v) is 22.6. The number of nitrogens with one attached hydrogen (secondary N) is 3. The first-order valence-corrected chi connectivity index (χ1v) is 13.7. The van der Waals surface area contributed by atoms with E-state index in [9.17, 15) is 9.59 Å². The molecule has 0 radical (unpaired) electrons. The number of amidine groups is 1. The highest BCUT2D eigenvalue weighted by molar-refractivity contribution is 8.13. The summed E-state index contributed by atoms with van der Waals surface area (Å²) in [5, 5.41) is 9.89. The van der Waals surface area contributed by atoms with Crippen molar-refractivity contribution in [3.63, 3.8) is 0 Å². The van der Waals surface area contributed by atoms with Crippen LogP contribution in [-0.4, -0.2) is 34.3 Å². The van der Waals surface area contributed by atoms with Gasteiger partial charge in [0.2, 0.25) is 0 Å². The van der Waals surface area contributed by atoms with Gasteiger partial charge in [0, 0.05) is 29.4 Å². The van der Waals surface area contributed by atoms with Crippen LogP contribution in [0.4, 0.5) is 21.9 Å². The Balaban J connectivity index is 1.43. The molecule has 0 saturated carbocycles. The van der Waals surface area contributed by atoms with Gasteiger partial charge in [-0.1, -0.05) is 54.2 Å². The summed E-state index contributed by atoms with van der Waals surface area (Å²) in [6.07, 6.45) is 1.00. The van der Waals surface area contributed by atoms with Gasteiger partial charge in [-0.15, -0.1) is 0 Å². The number of hydrogen-bond donors (Lipinski definition) is 3. The lowest BCUT2D eigenvalue weighted by Gasteiger charge is -2.41. The van der Waals surface area contributed by atoms with Gasteiger partial charge in [0.15, 0.2) is 5.17 Å². The van der Waals surface area contributed by atoms with E-state index in [1.807, 2.05) is 93.6 Å². The molecule has 0 spiro atoms. The number of urea groups is 1. The van der Waals surface area contributed by atoms with Gasteiger partial charge in [0.25, 0.3) is 5.91 Å². The molecule has 3 amide bonds. The zero-order valence-electron chi connectivity index (χ0n) is 21.7. The number of benzene rings is 3. The highest BCUT2D eigenvalue weighted by Gasteiger charge is 2.37. The van der Waals surface area contributed by atoms with E-state index in [1.165, 1.54) is 0 Å². The van der Waals surface area contributed by atoms with Crippen molar-refractivity contribution in [2.75, 3.05) is 28.2 Å². The minimum absolute atomic E-state index is 0.178. The van der Waals surface area contributed by atoms with Crippen LogP contribution >= 0.6 is 11.8 Å². The van der Waals surface area contributed by atoms with E-state index in [-0.39, 0.29) is 18.0 Å². The quantitative estimate of drug-likeness (QED) is 0.346. The first kappa shape index (κ1) is 25.6. The molecule has 5 rings (SSSR count). The molecule has 3 N–H and O–H groups in total. The van der Waals surface area contributed by atoms with E-state index in [0.717, 1.165) is 52.0 Å². The molecular formula is C30H31N5O2S. The first-order chi connectivity index (χ1) is 18.4. The molecule has 1 saturated heterocycles. The van der Waals surface area contributed by atoms with Gasteiger partial charge < -0.3 is 20.9 Å². The van der Waals surface area contributed by atoms with Crippen molar-refractivity contribution in [3.05, 3.63) is 101 Å². The molecular weight excluding hydrogens is 494 g/mol.